The summed E-state index contributed by atoms with van der Waals surface area (Å²) in [5, 5.41) is 0. The Balaban J connectivity index is 2.78. The van der Waals surface area contributed by atoms with Crippen molar-refractivity contribution in [3.63, 3.8) is 0 Å². The Morgan fingerprint density at radius 3 is 2.72 bits per heavy atom. The molecule has 0 spiro atoms. The van der Waals surface area contributed by atoms with Crippen molar-refractivity contribution in [1.29, 1.82) is 0 Å². The Kier molecular flexibility index (Phi) is 3.37. The number of benzene rings is 1. The zero-order chi connectivity index (χ0) is 13.3. The van der Waals surface area contributed by atoms with E-state index in [4.69, 9.17) is 4.52 Å². The molecule has 1 atom stereocenters. The SMILES string of the molecule is CCOP(C)(=O)c1nc2ccccc2n(C)c1=O. The minimum Gasteiger partial charge on any atom is -0.325 e. The van der Waals surface area contributed by atoms with Gasteiger partial charge in [-0.25, -0.2) is 4.98 Å². The van der Waals surface area contributed by atoms with Crippen LogP contribution in [0.25, 0.3) is 11.0 Å². The molecule has 6 heteroatoms. The monoisotopic (exact) mass is 266 g/mol. The lowest BCUT2D eigenvalue weighted by Crippen LogP contribution is -2.35. The van der Waals surface area contributed by atoms with Crippen molar-refractivity contribution in [1.82, 2.24) is 9.55 Å². The Labute approximate surface area is 105 Å². The highest BCUT2D eigenvalue weighted by Gasteiger charge is 2.26. The molecule has 0 bridgehead atoms. The summed E-state index contributed by atoms with van der Waals surface area (Å²) in [5.41, 5.74) is 0.984. The van der Waals surface area contributed by atoms with E-state index in [1.54, 1.807) is 26.1 Å². The van der Waals surface area contributed by atoms with Crippen LogP contribution < -0.4 is 11.0 Å². The summed E-state index contributed by atoms with van der Waals surface area (Å²) in [7, 11) is -1.52. The van der Waals surface area contributed by atoms with Crippen LogP contribution in [0.4, 0.5) is 0 Å². The summed E-state index contributed by atoms with van der Waals surface area (Å²) in [4.78, 5) is 16.4. The molecule has 0 aliphatic heterocycles. The average molecular weight is 266 g/mol. The number of hydrogen-bond acceptors (Lipinski definition) is 4. The molecule has 2 aromatic rings. The van der Waals surface area contributed by atoms with Crippen LogP contribution in [0.1, 0.15) is 6.92 Å². The van der Waals surface area contributed by atoms with E-state index >= 15 is 0 Å². The smallest absolute Gasteiger partial charge is 0.282 e. The van der Waals surface area contributed by atoms with Crippen LogP contribution in [0.15, 0.2) is 29.1 Å². The van der Waals surface area contributed by atoms with Crippen LogP contribution in [0.2, 0.25) is 0 Å². The van der Waals surface area contributed by atoms with Crippen molar-refractivity contribution < 1.29 is 9.09 Å². The van der Waals surface area contributed by atoms with Gasteiger partial charge >= 0.3 is 0 Å². The molecule has 0 aliphatic rings. The van der Waals surface area contributed by atoms with Crippen LogP contribution in [0, 0.1) is 0 Å². The highest BCUT2D eigenvalue weighted by Crippen LogP contribution is 2.39. The molecule has 0 N–H and O–H groups in total. The van der Waals surface area contributed by atoms with Crippen LogP contribution >= 0.6 is 7.37 Å². The van der Waals surface area contributed by atoms with Crippen LogP contribution in [0.5, 0.6) is 0 Å². The van der Waals surface area contributed by atoms with Gasteiger partial charge in [-0.1, -0.05) is 12.1 Å². The van der Waals surface area contributed by atoms with E-state index < -0.39 is 7.37 Å². The van der Waals surface area contributed by atoms with E-state index in [1.165, 1.54) is 11.2 Å². The number of hydrogen-bond donors (Lipinski definition) is 0. The lowest BCUT2D eigenvalue weighted by Gasteiger charge is -2.13. The van der Waals surface area contributed by atoms with Gasteiger partial charge in [-0.15, -0.1) is 0 Å². The fraction of sp³-hybridized carbons (Fsp3) is 0.333. The van der Waals surface area contributed by atoms with Crippen LogP contribution in [0.3, 0.4) is 0 Å². The Morgan fingerprint density at radius 1 is 1.39 bits per heavy atom. The first kappa shape index (κ1) is 13.0. The quantitative estimate of drug-likeness (QED) is 0.790. The summed E-state index contributed by atoms with van der Waals surface area (Å²) in [6.07, 6.45) is 0. The van der Waals surface area contributed by atoms with E-state index in [2.05, 4.69) is 4.98 Å². The minimum absolute atomic E-state index is 0.00514. The zero-order valence-corrected chi connectivity index (χ0v) is 11.5. The van der Waals surface area contributed by atoms with Gasteiger partial charge < -0.3 is 9.09 Å². The van der Waals surface area contributed by atoms with Crippen molar-refractivity contribution in [3.8, 4) is 0 Å². The number of rotatable bonds is 3. The van der Waals surface area contributed by atoms with Gasteiger partial charge in [-0.2, -0.15) is 0 Å². The van der Waals surface area contributed by atoms with Gasteiger partial charge in [0.15, 0.2) is 5.44 Å². The van der Waals surface area contributed by atoms with E-state index in [0.717, 1.165) is 0 Å². The van der Waals surface area contributed by atoms with Crippen molar-refractivity contribution >= 4 is 23.8 Å². The minimum atomic E-state index is -3.16. The van der Waals surface area contributed by atoms with Gasteiger partial charge in [0, 0.05) is 13.7 Å². The predicted molar refractivity (Wildman–Crippen MR) is 71.8 cm³/mol. The molecule has 1 aromatic carbocycles. The summed E-state index contributed by atoms with van der Waals surface area (Å²) >= 11 is 0. The molecule has 1 aromatic heterocycles. The third-order valence-corrected chi connectivity index (χ3v) is 4.54. The lowest BCUT2D eigenvalue weighted by molar-refractivity contribution is 0.344. The lowest BCUT2D eigenvalue weighted by atomic mass is 10.3. The average Bonchev–Trinajstić information content (AvgIpc) is 2.33. The molecule has 1 heterocycles. The number of fused-ring (bicyclic) bond motifs is 1. The van der Waals surface area contributed by atoms with Gasteiger partial charge in [-0.3, -0.25) is 9.36 Å². The predicted octanol–water partition coefficient (Wildman–Crippen LogP) is 1.50. The first-order valence-electron chi connectivity index (χ1n) is 5.65. The molecule has 5 nitrogen and oxygen atoms in total. The molecule has 0 fully saturated rings. The van der Waals surface area contributed by atoms with Crippen molar-refractivity contribution in [3.05, 3.63) is 34.6 Å². The van der Waals surface area contributed by atoms with Gasteiger partial charge in [0.05, 0.1) is 17.6 Å². The summed E-state index contributed by atoms with van der Waals surface area (Å²) in [6, 6.07) is 7.24. The van der Waals surface area contributed by atoms with Crippen molar-refractivity contribution in [2.45, 2.75) is 6.92 Å². The fourth-order valence-corrected chi connectivity index (χ4v) is 3.24. The van der Waals surface area contributed by atoms with Gasteiger partial charge in [0.25, 0.3) is 12.9 Å². The molecule has 0 saturated carbocycles. The van der Waals surface area contributed by atoms with Crippen LogP contribution in [-0.4, -0.2) is 22.8 Å². The highest BCUT2D eigenvalue weighted by atomic mass is 31.2. The van der Waals surface area contributed by atoms with E-state index in [-0.39, 0.29) is 17.6 Å². The molecule has 18 heavy (non-hydrogen) atoms. The Morgan fingerprint density at radius 2 is 2.06 bits per heavy atom. The third kappa shape index (κ3) is 2.11. The molecule has 0 radical (unpaired) electrons. The molecule has 0 saturated heterocycles. The maximum absolute atomic E-state index is 12.3. The molecule has 0 amide bonds. The molecular formula is C12H15N2O3P. The molecule has 2 rings (SSSR count). The highest BCUT2D eigenvalue weighted by molar-refractivity contribution is 7.65. The second-order valence-electron chi connectivity index (χ2n) is 4.05. The second kappa shape index (κ2) is 4.67. The van der Waals surface area contributed by atoms with Gasteiger partial charge in [0.2, 0.25) is 0 Å². The van der Waals surface area contributed by atoms with Gasteiger partial charge in [-0.05, 0) is 19.1 Å². The molecule has 96 valence electrons. The topological polar surface area (TPSA) is 61.2 Å². The Bertz CT molecular complexity index is 693. The maximum atomic E-state index is 12.3. The molecule has 0 aliphatic carbocycles. The number of aromatic nitrogens is 2. The van der Waals surface area contributed by atoms with Gasteiger partial charge in [0.1, 0.15) is 0 Å². The Hall–Kier alpha value is -1.45. The van der Waals surface area contributed by atoms with Crippen LogP contribution in [-0.2, 0) is 16.1 Å². The second-order valence-corrected chi connectivity index (χ2v) is 6.43. The molecular weight excluding hydrogens is 251 g/mol. The largest absolute Gasteiger partial charge is 0.325 e. The fourth-order valence-electron chi connectivity index (χ4n) is 1.84. The summed E-state index contributed by atoms with van der Waals surface area (Å²) in [5.74, 6) is 0. The number of para-hydroxylation sites is 2. The normalized spacial score (nSPS) is 14.6. The zero-order valence-electron chi connectivity index (χ0n) is 10.6. The van der Waals surface area contributed by atoms with E-state index in [0.29, 0.717) is 11.0 Å². The first-order chi connectivity index (χ1) is 8.47. The third-order valence-electron chi connectivity index (χ3n) is 2.73. The van der Waals surface area contributed by atoms with Crippen molar-refractivity contribution in [2.24, 2.45) is 7.05 Å². The summed E-state index contributed by atoms with van der Waals surface area (Å²) < 4.78 is 19.0. The first-order valence-corrected chi connectivity index (χ1v) is 7.73. The summed E-state index contributed by atoms with van der Waals surface area (Å²) in [6.45, 7) is 3.45. The number of aryl methyl sites for hydroxylation is 1. The maximum Gasteiger partial charge on any atom is 0.282 e. The van der Waals surface area contributed by atoms with E-state index in [9.17, 15) is 9.36 Å². The standard InChI is InChI=1S/C12H15N2O3P/c1-4-17-18(3,16)11-12(15)14(2)10-8-6-5-7-9(10)13-11/h5-8H,4H2,1-3H3. The van der Waals surface area contributed by atoms with Crippen molar-refractivity contribution in [2.75, 3.05) is 13.3 Å². The molecule has 1 unspecified atom stereocenters. The van der Waals surface area contributed by atoms with E-state index in [1.807, 2.05) is 12.1 Å². The number of nitrogens with zero attached hydrogens (tertiary/aromatic N) is 2.